The monoisotopic (exact) mass is 363 g/mol. The molecule has 0 saturated heterocycles. The Morgan fingerprint density at radius 3 is 2.40 bits per heavy atom. The number of hydroxylamine groups is 1. The van der Waals surface area contributed by atoms with Crippen molar-refractivity contribution >= 4 is 27.6 Å². The van der Waals surface area contributed by atoms with Crippen LogP contribution in [0.1, 0.15) is 11.1 Å². The smallest absolute Gasteiger partial charge is 0.307 e. The summed E-state index contributed by atoms with van der Waals surface area (Å²) in [7, 11) is -3.99. The van der Waals surface area contributed by atoms with Crippen molar-refractivity contribution in [1.82, 2.24) is 10.2 Å². The number of rotatable bonds is 5. The van der Waals surface area contributed by atoms with Gasteiger partial charge in [0.05, 0.1) is 11.3 Å². The van der Waals surface area contributed by atoms with E-state index in [1.54, 1.807) is 30.3 Å². The summed E-state index contributed by atoms with van der Waals surface area (Å²) in [5.41, 5.74) is 3.24. The molecule has 0 aromatic heterocycles. The third-order valence-corrected chi connectivity index (χ3v) is 4.58. The standard InChI is InChI=1S/C16H17N3O5S/c1-11-5-7-14(8-6-11)25(23,24)19-16(21)17-13-4-2-3-12(9-13)10-15(20)18-22/h2-9,22H,10H2,1H3,(H,18,20)(H2,17,19,21). The number of anilines is 1. The molecule has 0 saturated carbocycles. The van der Waals surface area contributed by atoms with Crippen molar-refractivity contribution in [3.8, 4) is 0 Å². The molecule has 0 heterocycles. The van der Waals surface area contributed by atoms with E-state index in [0.717, 1.165) is 5.56 Å². The van der Waals surface area contributed by atoms with E-state index in [-0.39, 0.29) is 11.3 Å². The number of aryl methyl sites for hydroxylation is 1. The van der Waals surface area contributed by atoms with E-state index < -0.39 is 22.0 Å². The molecule has 0 fully saturated rings. The van der Waals surface area contributed by atoms with E-state index in [4.69, 9.17) is 5.21 Å². The van der Waals surface area contributed by atoms with Gasteiger partial charge in [-0.1, -0.05) is 29.8 Å². The number of nitrogens with one attached hydrogen (secondary N) is 3. The molecule has 2 rings (SSSR count). The van der Waals surface area contributed by atoms with E-state index in [0.29, 0.717) is 11.3 Å². The summed E-state index contributed by atoms with van der Waals surface area (Å²) in [6, 6.07) is 11.4. The molecule has 8 nitrogen and oxygen atoms in total. The second-order valence-electron chi connectivity index (χ2n) is 5.28. The zero-order valence-electron chi connectivity index (χ0n) is 13.3. The van der Waals surface area contributed by atoms with Crippen molar-refractivity contribution in [3.05, 3.63) is 59.7 Å². The van der Waals surface area contributed by atoms with Crippen LogP contribution >= 0.6 is 0 Å². The molecule has 0 bridgehead atoms. The summed E-state index contributed by atoms with van der Waals surface area (Å²) in [6.07, 6.45) is -0.0880. The largest absolute Gasteiger partial charge is 0.333 e. The van der Waals surface area contributed by atoms with Crippen molar-refractivity contribution in [2.45, 2.75) is 18.2 Å². The number of benzene rings is 2. The fourth-order valence-electron chi connectivity index (χ4n) is 2.04. The van der Waals surface area contributed by atoms with Crippen LogP contribution < -0.4 is 15.5 Å². The van der Waals surface area contributed by atoms with E-state index >= 15 is 0 Å². The SMILES string of the molecule is Cc1ccc(S(=O)(=O)NC(=O)Nc2cccc(CC(=O)NO)c2)cc1. The minimum Gasteiger partial charge on any atom is -0.307 e. The molecule has 132 valence electrons. The van der Waals surface area contributed by atoms with Crippen LogP contribution in [0.3, 0.4) is 0 Å². The first-order valence-corrected chi connectivity index (χ1v) is 8.71. The lowest BCUT2D eigenvalue weighted by molar-refractivity contribution is -0.128. The van der Waals surface area contributed by atoms with Gasteiger partial charge in [-0.25, -0.2) is 23.4 Å². The predicted octanol–water partition coefficient (Wildman–Crippen LogP) is 1.55. The molecule has 2 aromatic rings. The first-order valence-electron chi connectivity index (χ1n) is 7.22. The van der Waals surface area contributed by atoms with Crippen LogP contribution in [0.2, 0.25) is 0 Å². The van der Waals surface area contributed by atoms with E-state index in [2.05, 4.69) is 5.32 Å². The summed E-state index contributed by atoms with van der Waals surface area (Å²) in [5.74, 6) is -0.608. The predicted molar refractivity (Wildman–Crippen MR) is 90.6 cm³/mol. The molecule has 0 spiro atoms. The molecule has 0 aliphatic carbocycles. The molecular weight excluding hydrogens is 346 g/mol. The minimum absolute atomic E-state index is 0.0263. The highest BCUT2D eigenvalue weighted by Gasteiger charge is 2.17. The highest BCUT2D eigenvalue weighted by molar-refractivity contribution is 7.90. The summed E-state index contributed by atoms with van der Waals surface area (Å²) < 4.78 is 26.2. The van der Waals surface area contributed by atoms with Gasteiger partial charge in [-0.3, -0.25) is 10.0 Å². The van der Waals surface area contributed by atoms with Gasteiger partial charge in [0.15, 0.2) is 0 Å². The molecule has 0 unspecified atom stereocenters. The van der Waals surface area contributed by atoms with Crippen molar-refractivity contribution in [1.29, 1.82) is 0 Å². The Hall–Kier alpha value is -2.91. The first kappa shape index (κ1) is 18.4. The normalized spacial score (nSPS) is 10.8. The summed E-state index contributed by atoms with van der Waals surface area (Å²) >= 11 is 0. The molecule has 3 amide bonds. The lowest BCUT2D eigenvalue weighted by atomic mass is 10.1. The lowest BCUT2D eigenvalue weighted by Crippen LogP contribution is -2.34. The second-order valence-corrected chi connectivity index (χ2v) is 6.97. The summed E-state index contributed by atoms with van der Waals surface area (Å²) in [5, 5.41) is 10.9. The molecule has 0 atom stereocenters. The Balaban J connectivity index is 2.06. The number of hydrogen-bond donors (Lipinski definition) is 4. The van der Waals surface area contributed by atoms with Crippen molar-refractivity contribution in [2.75, 3.05) is 5.32 Å². The zero-order valence-corrected chi connectivity index (χ0v) is 14.1. The summed E-state index contributed by atoms with van der Waals surface area (Å²) in [4.78, 5) is 23.1. The number of sulfonamides is 1. The number of hydrogen-bond acceptors (Lipinski definition) is 5. The van der Waals surface area contributed by atoms with Gasteiger partial charge in [-0.15, -0.1) is 0 Å². The lowest BCUT2D eigenvalue weighted by Gasteiger charge is -2.10. The average Bonchev–Trinajstić information content (AvgIpc) is 2.54. The van der Waals surface area contributed by atoms with Crippen molar-refractivity contribution < 1.29 is 23.2 Å². The van der Waals surface area contributed by atoms with Gasteiger partial charge >= 0.3 is 6.03 Å². The van der Waals surface area contributed by atoms with Gasteiger partial charge in [0.25, 0.3) is 10.0 Å². The maximum atomic E-state index is 12.1. The maximum absolute atomic E-state index is 12.1. The quantitative estimate of drug-likeness (QED) is 0.474. The van der Waals surface area contributed by atoms with Gasteiger partial charge in [0.1, 0.15) is 0 Å². The van der Waals surface area contributed by atoms with E-state index in [1.165, 1.54) is 23.7 Å². The number of urea groups is 1. The number of carbonyl (C=O) groups excluding carboxylic acids is 2. The summed E-state index contributed by atoms with van der Waals surface area (Å²) in [6.45, 7) is 1.82. The molecule has 4 N–H and O–H groups in total. The first-order chi connectivity index (χ1) is 11.8. The number of carbonyl (C=O) groups is 2. The third kappa shape index (κ3) is 5.30. The molecule has 0 aliphatic rings. The average molecular weight is 363 g/mol. The fraction of sp³-hybridized carbons (Fsp3) is 0.125. The highest BCUT2D eigenvalue weighted by Crippen LogP contribution is 2.13. The molecule has 0 radical (unpaired) electrons. The van der Waals surface area contributed by atoms with Crippen LogP contribution in [0, 0.1) is 6.92 Å². The Morgan fingerprint density at radius 1 is 1.08 bits per heavy atom. The van der Waals surface area contributed by atoms with E-state index in [1.807, 2.05) is 11.6 Å². The van der Waals surface area contributed by atoms with Crippen LogP contribution in [-0.4, -0.2) is 25.6 Å². The van der Waals surface area contributed by atoms with Gasteiger partial charge in [-0.05, 0) is 36.8 Å². The van der Waals surface area contributed by atoms with Gasteiger partial charge in [0, 0.05) is 5.69 Å². The Bertz CT molecular complexity index is 879. The van der Waals surface area contributed by atoms with E-state index in [9.17, 15) is 18.0 Å². The maximum Gasteiger partial charge on any atom is 0.333 e. The van der Waals surface area contributed by atoms with Crippen LogP contribution in [0.4, 0.5) is 10.5 Å². The molecular formula is C16H17N3O5S. The van der Waals surface area contributed by atoms with Crippen LogP contribution in [0.25, 0.3) is 0 Å². The second kappa shape index (κ2) is 7.77. The zero-order chi connectivity index (χ0) is 18.4. The topological polar surface area (TPSA) is 125 Å². The minimum atomic E-state index is -3.99. The van der Waals surface area contributed by atoms with Crippen LogP contribution in [0.15, 0.2) is 53.4 Å². The molecule has 9 heteroatoms. The fourth-order valence-corrected chi connectivity index (χ4v) is 2.95. The Labute approximate surface area is 144 Å². The van der Waals surface area contributed by atoms with Gasteiger partial charge < -0.3 is 5.32 Å². The van der Waals surface area contributed by atoms with Crippen LogP contribution in [0.5, 0.6) is 0 Å². The van der Waals surface area contributed by atoms with Gasteiger partial charge in [-0.2, -0.15) is 0 Å². The Morgan fingerprint density at radius 2 is 1.76 bits per heavy atom. The van der Waals surface area contributed by atoms with Crippen molar-refractivity contribution in [3.63, 3.8) is 0 Å². The highest BCUT2D eigenvalue weighted by atomic mass is 32.2. The molecule has 2 aromatic carbocycles. The number of amides is 3. The van der Waals surface area contributed by atoms with Gasteiger partial charge in [0.2, 0.25) is 5.91 Å². The third-order valence-electron chi connectivity index (χ3n) is 3.23. The molecule has 0 aliphatic heterocycles. The molecule has 25 heavy (non-hydrogen) atoms. The van der Waals surface area contributed by atoms with Crippen LogP contribution in [-0.2, 0) is 21.2 Å². The Kier molecular flexibility index (Phi) is 5.73. The van der Waals surface area contributed by atoms with Crippen molar-refractivity contribution in [2.24, 2.45) is 0 Å².